The minimum Gasteiger partial charge on any atom is -0.392 e. The second kappa shape index (κ2) is 5.28. The maximum Gasteiger partial charge on any atom is 0.254 e. The first-order valence-electron chi connectivity index (χ1n) is 5.69. The molecule has 2 aromatic heterocycles. The topological polar surface area (TPSA) is 75.8 Å². The number of fused-ring (bicyclic) bond motifs is 1. The number of hydrogen-bond donors (Lipinski definition) is 1. The normalized spacial score (nSPS) is 12.9. The highest BCUT2D eigenvalue weighted by Crippen LogP contribution is 2.15. The van der Waals surface area contributed by atoms with Gasteiger partial charge in [-0.3, -0.25) is 0 Å². The summed E-state index contributed by atoms with van der Waals surface area (Å²) < 4.78 is 6.72. The van der Waals surface area contributed by atoms with Crippen LogP contribution in [0.1, 0.15) is 12.6 Å². The first-order valence-corrected chi connectivity index (χ1v) is 5.69. The summed E-state index contributed by atoms with van der Waals surface area (Å²) in [6, 6.07) is 1.88. The molecule has 7 nitrogen and oxygen atoms in total. The minimum absolute atomic E-state index is 0.416. The van der Waals surface area contributed by atoms with Gasteiger partial charge < -0.3 is 14.7 Å². The Balaban J connectivity index is 2.42. The Bertz CT molecular complexity index is 525. The predicted molar refractivity (Wildman–Crippen MR) is 66.4 cm³/mol. The van der Waals surface area contributed by atoms with Gasteiger partial charge >= 0.3 is 0 Å². The van der Waals surface area contributed by atoms with E-state index in [1.54, 1.807) is 18.5 Å². The summed E-state index contributed by atoms with van der Waals surface area (Å²) in [6.45, 7) is 2.66. The summed E-state index contributed by atoms with van der Waals surface area (Å²) in [5, 5.41) is 13.6. The van der Waals surface area contributed by atoms with Crippen LogP contribution < -0.4 is 4.90 Å². The average Bonchev–Trinajstić information content (AvgIpc) is 2.75. The smallest absolute Gasteiger partial charge is 0.254 e. The van der Waals surface area contributed by atoms with Crippen molar-refractivity contribution in [1.82, 2.24) is 19.6 Å². The van der Waals surface area contributed by atoms with E-state index in [2.05, 4.69) is 15.1 Å². The summed E-state index contributed by atoms with van der Waals surface area (Å²) in [7, 11) is 3.51. The van der Waals surface area contributed by atoms with Crippen LogP contribution in [0.2, 0.25) is 0 Å². The summed E-state index contributed by atoms with van der Waals surface area (Å²) >= 11 is 0. The van der Waals surface area contributed by atoms with Crippen molar-refractivity contribution in [1.29, 1.82) is 0 Å². The van der Waals surface area contributed by atoms with Crippen LogP contribution in [-0.4, -0.2) is 51.5 Å². The summed E-state index contributed by atoms with van der Waals surface area (Å²) in [6.07, 6.45) is 1.03. The van der Waals surface area contributed by atoms with E-state index in [1.807, 2.05) is 18.0 Å². The lowest BCUT2D eigenvalue weighted by atomic mass is 10.3. The van der Waals surface area contributed by atoms with Gasteiger partial charge in [-0.1, -0.05) is 0 Å². The number of ether oxygens (including phenoxy) is 1. The van der Waals surface area contributed by atoms with Gasteiger partial charge in [-0.2, -0.15) is 14.6 Å². The highest BCUT2D eigenvalue weighted by molar-refractivity contribution is 5.46. The minimum atomic E-state index is -0.424. The molecular formula is C11H17N5O2. The van der Waals surface area contributed by atoms with Gasteiger partial charge in [0.1, 0.15) is 12.1 Å². The lowest BCUT2D eigenvalue weighted by Crippen LogP contribution is -2.29. The SMILES string of the molecule is COCc1cc(N(C)CC(C)O)n2ncnc2n1. The highest BCUT2D eigenvalue weighted by Gasteiger charge is 2.12. The van der Waals surface area contributed by atoms with Crippen molar-refractivity contribution in [2.24, 2.45) is 0 Å². The van der Waals surface area contributed by atoms with Crippen LogP contribution in [0.5, 0.6) is 0 Å². The summed E-state index contributed by atoms with van der Waals surface area (Å²) in [4.78, 5) is 10.3. The monoisotopic (exact) mass is 251 g/mol. The number of likely N-dealkylation sites (N-methyl/N-ethyl adjacent to an activating group) is 1. The Morgan fingerprint density at radius 1 is 1.56 bits per heavy atom. The van der Waals surface area contributed by atoms with Gasteiger partial charge in [0.25, 0.3) is 5.78 Å². The zero-order valence-corrected chi connectivity index (χ0v) is 10.7. The summed E-state index contributed by atoms with van der Waals surface area (Å²) in [5.41, 5.74) is 0.783. The van der Waals surface area contributed by atoms with Crippen LogP contribution in [0.4, 0.5) is 5.82 Å². The van der Waals surface area contributed by atoms with Gasteiger partial charge in [0.2, 0.25) is 0 Å². The molecule has 2 aromatic rings. The number of methoxy groups -OCH3 is 1. The molecule has 98 valence electrons. The fourth-order valence-electron chi connectivity index (χ4n) is 1.83. The number of hydrogen-bond acceptors (Lipinski definition) is 6. The Kier molecular flexibility index (Phi) is 3.73. The highest BCUT2D eigenvalue weighted by atomic mass is 16.5. The van der Waals surface area contributed by atoms with Crippen molar-refractivity contribution < 1.29 is 9.84 Å². The second-order valence-electron chi connectivity index (χ2n) is 4.24. The van der Waals surface area contributed by atoms with E-state index in [4.69, 9.17) is 4.74 Å². The van der Waals surface area contributed by atoms with Crippen LogP contribution in [-0.2, 0) is 11.3 Å². The Morgan fingerprint density at radius 3 is 3.00 bits per heavy atom. The number of aliphatic hydroxyl groups excluding tert-OH is 1. The van der Waals surface area contributed by atoms with E-state index in [0.29, 0.717) is 18.9 Å². The van der Waals surface area contributed by atoms with E-state index in [1.165, 1.54) is 6.33 Å². The fraction of sp³-hybridized carbons (Fsp3) is 0.545. The van der Waals surface area contributed by atoms with Crippen molar-refractivity contribution in [2.45, 2.75) is 19.6 Å². The molecule has 0 aliphatic heterocycles. The molecule has 0 saturated heterocycles. The molecule has 0 fully saturated rings. The third kappa shape index (κ3) is 2.57. The molecular weight excluding hydrogens is 234 g/mol. The van der Waals surface area contributed by atoms with Gasteiger partial charge in [0.15, 0.2) is 0 Å². The molecule has 0 amide bonds. The van der Waals surface area contributed by atoms with E-state index in [0.717, 1.165) is 11.5 Å². The molecule has 1 atom stereocenters. The third-order valence-corrected chi connectivity index (χ3v) is 2.51. The maximum absolute atomic E-state index is 9.45. The van der Waals surface area contributed by atoms with Gasteiger partial charge in [-0.05, 0) is 6.92 Å². The molecule has 1 N–H and O–H groups in total. The first kappa shape index (κ1) is 12.7. The van der Waals surface area contributed by atoms with Crippen LogP contribution in [0.15, 0.2) is 12.4 Å². The van der Waals surface area contributed by atoms with E-state index < -0.39 is 6.10 Å². The van der Waals surface area contributed by atoms with Gasteiger partial charge in [-0.25, -0.2) is 4.98 Å². The van der Waals surface area contributed by atoms with Crippen molar-refractivity contribution in [3.05, 3.63) is 18.1 Å². The average molecular weight is 251 g/mol. The second-order valence-corrected chi connectivity index (χ2v) is 4.24. The van der Waals surface area contributed by atoms with Crippen molar-refractivity contribution >= 4 is 11.6 Å². The molecule has 1 unspecified atom stereocenters. The fourth-order valence-corrected chi connectivity index (χ4v) is 1.83. The van der Waals surface area contributed by atoms with E-state index >= 15 is 0 Å². The largest absolute Gasteiger partial charge is 0.392 e. The van der Waals surface area contributed by atoms with Crippen molar-refractivity contribution in [2.75, 3.05) is 25.6 Å². The molecule has 0 aromatic carbocycles. The molecule has 0 saturated carbocycles. The van der Waals surface area contributed by atoms with Gasteiger partial charge in [-0.15, -0.1) is 0 Å². The lowest BCUT2D eigenvalue weighted by molar-refractivity contribution is 0.181. The molecule has 7 heteroatoms. The molecule has 0 radical (unpaired) electrons. The van der Waals surface area contributed by atoms with E-state index in [-0.39, 0.29) is 0 Å². The Hall–Kier alpha value is -1.73. The van der Waals surface area contributed by atoms with E-state index in [9.17, 15) is 5.11 Å². The Morgan fingerprint density at radius 2 is 2.33 bits per heavy atom. The molecule has 0 bridgehead atoms. The molecule has 2 rings (SSSR count). The predicted octanol–water partition coefficient (Wildman–Crippen LogP) is 0.0877. The number of rotatable bonds is 5. The molecule has 0 aliphatic rings. The summed E-state index contributed by atoms with van der Waals surface area (Å²) in [5.74, 6) is 1.35. The first-order chi connectivity index (χ1) is 8.61. The van der Waals surface area contributed by atoms with Gasteiger partial charge in [0, 0.05) is 26.8 Å². The zero-order chi connectivity index (χ0) is 13.1. The number of anilines is 1. The molecule has 2 heterocycles. The van der Waals surface area contributed by atoms with Crippen LogP contribution in [0, 0.1) is 0 Å². The van der Waals surface area contributed by atoms with Gasteiger partial charge in [0.05, 0.1) is 18.4 Å². The quantitative estimate of drug-likeness (QED) is 0.811. The Labute approximate surface area is 105 Å². The standard InChI is InChI=1S/C11H17N5O2/c1-8(17)5-15(2)10-4-9(6-18-3)14-11-12-7-13-16(10)11/h4,7-8,17H,5-6H2,1-3H3. The van der Waals surface area contributed by atoms with Crippen LogP contribution in [0.25, 0.3) is 5.78 Å². The molecule has 0 aliphatic carbocycles. The van der Waals surface area contributed by atoms with Crippen molar-refractivity contribution in [3.63, 3.8) is 0 Å². The van der Waals surface area contributed by atoms with Crippen molar-refractivity contribution in [3.8, 4) is 0 Å². The number of aromatic nitrogens is 4. The number of nitrogens with zero attached hydrogens (tertiary/aromatic N) is 5. The molecule has 18 heavy (non-hydrogen) atoms. The van der Waals surface area contributed by atoms with Crippen LogP contribution in [0.3, 0.4) is 0 Å². The third-order valence-electron chi connectivity index (χ3n) is 2.51. The zero-order valence-electron chi connectivity index (χ0n) is 10.7. The molecule has 0 spiro atoms. The maximum atomic E-state index is 9.45. The lowest BCUT2D eigenvalue weighted by Gasteiger charge is -2.21. The number of aliphatic hydroxyl groups is 1. The van der Waals surface area contributed by atoms with Crippen LogP contribution >= 0.6 is 0 Å².